The molecule has 0 atom stereocenters. The summed E-state index contributed by atoms with van der Waals surface area (Å²) in [5.41, 5.74) is 1.40. The zero-order chi connectivity index (χ0) is 19.2. The normalized spacial score (nSPS) is 11.2. The maximum absolute atomic E-state index is 13.1. The summed E-state index contributed by atoms with van der Waals surface area (Å²) < 4.78 is 32.1. The Morgan fingerprint density at radius 1 is 1.12 bits per heavy atom. The number of hydrogen-bond acceptors (Lipinski definition) is 4. The first kappa shape index (κ1) is 20.2. The molecule has 0 aliphatic heterocycles. The van der Waals surface area contributed by atoms with Gasteiger partial charge in [0.25, 0.3) is 10.0 Å². The van der Waals surface area contributed by atoms with Crippen molar-refractivity contribution in [2.75, 3.05) is 31.1 Å². The fourth-order valence-electron chi connectivity index (χ4n) is 2.24. The highest BCUT2D eigenvalue weighted by atomic mass is 35.5. The van der Waals surface area contributed by atoms with Gasteiger partial charge in [0.1, 0.15) is 6.54 Å². The lowest BCUT2D eigenvalue weighted by molar-refractivity contribution is -0.119. The van der Waals surface area contributed by atoms with E-state index < -0.39 is 15.9 Å². The van der Waals surface area contributed by atoms with Crippen LogP contribution >= 0.6 is 11.6 Å². The number of ether oxygens (including phenoxy) is 1. The second kappa shape index (κ2) is 9.02. The van der Waals surface area contributed by atoms with E-state index >= 15 is 0 Å². The summed E-state index contributed by atoms with van der Waals surface area (Å²) in [5.74, 6) is -0.417. The second-order valence-corrected chi connectivity index (χ2v) is 7.94. The summed E-state index contributed by atoms with van der Waals surface area (Å²) in [5, 5.41) is 3.07. The van der Waals surface area contributed by atoms with Gasteiger partial charge in [-0.05, 0) is 43.3 Å². The van der Waals surface area contributed by atoms with Crippen LogP contribution in [0.15, 0.2) is 53.4 Å². The number of nitrogens with one attached hydrogen (secondary N) is 1. The molecule has 140 valence electrons. The lowest BCUT2D eigenvalue weighted by Gasteiger charge is -2.24. The largest absolute Gasteiger partial charge is 0.383 e. The van der Waals surface area contributed by atoms with E-state index in [4.69, 9.17) is 16.3 Å². The summed E-state index contributed by atoms with van der Waals surface area (Å²) in [7, 11) is -2.40. The van der Waals surface area contributed by atoms with Gasteiger partial charge < -0.3 is 10.1 Å². The van der Waals surface area contributed by atoms with Crippen LogP contribution in [-0.2, 0) is 19.6 Å². The highest BCUT2D eigenvalue weighted by Crippen LogP contribution is 2.24. The van der Waals surface area contributed by atoms with Crippen LogP contribution in [0.1, 0.15) is 5.56 Å². The van der Waals surface area contributed by atoms with Crippen molar-refractivity contribution in [1.29, 1.82) is 0 Å². The number of benzene rings is 2. The summed E-state index contributed by atoms with van der Waals surface area (Å²) in [6, 6.07) is 12.8. The number of halogens is 1. The maximum Gasteiger partial charge on any atom is 0.264 e. The molecule has 0 saturated carbocycles. The molecule has 2 rings (SSSR count). The van der Waals surface area contributed by atoms with Gasteiger partial charge in [-0.15, -0.1) is 0 Å². The van der Waals surface area contributed by atoms with E-state index in [1.165, 1.54) is 31.4 Å². The van der Waals surface area contributed by atoms with Crippen molar-refractivity contribution in [3.8, 4) is 0 Å². The fraction of sp³-hybridized carbons (Fsp3) is 0.278. The maximum atomic E-state index is 13.1. The standard InChI is InChI=1S/C18H21ClN2O4S/c1-14-3-7-16(8-4-14)21(13-18(22)20-11-12-25-2)26(23,24)17-9-5-15(19)6-10-17/h3-10H,11-13H2,1-2H3,(H,20,22). The van der Waals surface area contributed by atoms with Crippen LogP contribution in [0.2, 0.25) is 5.02 Å². The number of hydrogen-bond donors (Lipinski definition) is 1. The van der Waals surface area contributed by atoms with Crippen LogP contribution in [0.4, 0.5) is 5.69 Å². The van der Waals surface area contributed by atoms with Crippen molar-refractivity contribution in [1.82, 2.24) is 5.32 Å². The molecule has 1 N–H and O–H groups in total. The average molecular weight is 397 g/mol. The molecule has 2 aromatic carbocycles. The molecule has 0 aliphatic carbocycles. The molecule has 0 spiro atoms. The van der Waals surface area contributed by atoms with Crippen molar-refractivity contribution >= 4 is 33.2 Å². The molecule has 26 heavy (non-hydrogen) atoms. The van der Waals surface area contributed by atoms with E-state index in [-0.39, 0.29) is 11.4 Å². The minimum Gasteiger partial charge on any atom is -0.383 e. The summed E-state index contributed by atoms with van der Waals surface area (Å²) >= 11 is 5.85. The third-order valence-corrected chi connectivity index (χ3v) is 5.68. The van der Waals surface area contributed by atoms with Gasteiger partial charge in [-0.25, -0.2) is 8.42 Å². The molecule has 8 heteroatoms. The molecule has 6 nitrogen and oxygen atoms in total. The van der Waals surface area contributed by atoms with Gasteiger partial charge in [0, 0.05) is 18.7 Å². The first-order valence-corrected chi connectivity index (χ1v) is 9.77. The van der Waals surface area contributed by atoms with Gasteiger partial charge in [0.15, 0.2) is 0 Å². The molecule has 0 bridgehead atoms. The Morgan fingerprint density at radius 2 is 1.73 bits per heavy atom. The topological polar surface area (TPSA) is 75.7 Å². The molecule has 0 fully saturated rings. The number of carbonyl (C=O) groups excluding carboxylic acids is 1. The molecule has 0 unspecified atom stereocenters. The summed E-state index contributed by atoms with van der Waals surface area (Å²) in [4.78, 5) is 12.3. The van der Waals surface area contributed by atoms with Crippen molar-refractivity contribution < 1.29 is 17.9 Å². The minimum absolute atomic E-state index is 0.0622. The molecule has 2 aromatic rings. The monoisotopic (exact) mass is 396 g/mol. The number of carbonyl (C=O) groups is 1. The molecule has 0 aliphatic rings. The molecule has 1 amide bonds. The Kier molecular flexibility index (Phi) is 7.02. The summed E-state index contributed by atoms with van der Waals surface area (Å²) in [6.45, 7) is 2.22. The van der Waals surface area contributed by atoms with E-state index in [2.05, 4.69) is 5.32 Å². The van der Waals surface area contributed by atoms with Crippen LogP contribution in [-0.4, -0.2) is 41.1 Å². The van der Waals surface area contributed by atoms with E-state index in [1.807, 2.05) is 6.92 Å². The minimum atomic E-state index is -3.93. The smallest absolute Gasteiger partial charge is 0.264 e. The average Bonchev–Trinajstić information content (AvgIpc) is 2.61. The number of nitrogens with zero attached hydrogens (tertiary/aromatic N) is 1. The molecular formula is C18H21ClN2O4S. The molecular weight excluding hydrogens is 376 g/mol. The first-order chi connectivity index (χ1) is 12.3. The van der Waals surface area contributed by atoms with Gasteiger partial charge >= 0.3 is 0 Å². The lowest BCUT2D eigenvalue weighted by atomic mass is 10.2. The Balaban J connectivity index is 2.34. The number of rotatable bonds is 8. The van der Waals surface area contributed by atoms with Crippen LogP contribution in [0.25, 0.3) is 0 Å². The van der Waals surface area contributed by atoms with Crippen molar-refractivity contribution in [3.63, 3.8) is 0 Å². The van der Waals surface area contributed by atoms with Gasteiger partial charge in [0.05, 0.1) is 17.2 Å². The number of amides is 1. The molecule has 0 aromatic heterocycles. The number of anilines is 1. The SMILES string of the molecule is COCCNC(=O)CN(c1ccc(C)cc1)S(=O)(=O)c1ccc(Cl)cc1. The first-order valence-electron chi connectivity index (χ1n) is 7.95. The Morgan fingerprint density at radius 3 is 2.31 bits per heavy atom. The quantitative estimate of drug-likeness (QED) is 0.696. The Labute approximate surface area is 158 Å². The van der Waals surface area contributed by atoms with Crippen molar-refractivity contribution in [3.05, 3.63) is 59.1 Å². The van der Waals surface area contributed by atoms with Crippen molar-refractivity contribution in [2.45, 2.75) is 11.8 Å². The molecule has 0 radical (unpaired) electrons. The lowest BCUT2D eigenvalue weighted by Crippen LogP contribution is -2.41. The Hall–Kier alpha value is -2.09. The van der Waals surface area contributed by atoms with Crippen LogP contribution in [0, 0.1) is 6.92 Å². The third-order valence-electron chi connectivity index (χ3n) is 3.64. The third kappa shape index (κ3) is 5.20. The Bertz CT molecular complexity index is 836. The fourth-order valence-corrected chi connectivity index (χ4v) is 3.79. The highest BCUT2D eigenvalue weighted by Gasteiger charge is 2.27. The van der Waals surface area contributed by atoms with E-state index in [1.54, 1.807) is 24.3 Å². The zero-order valence-corrected chi connectivity index (χ0v) is 16.2. The predicted octanol–water partition coefficient (Wildman–Crippen LogP) is 2.61. The van der Waals surface area contributed by atoms with Gasteiger partial charge in [0.2, 0.25) is 5.91 Å². The van der Waals surface area contributed by atoms with Crippen molar-refractivity contribution in [2.24, 2.45) is 0 Å². The second-order valence-electron chi connectivity index (χ2n) is 5.64. The number of aryl methyl sites for hydroxylation is 1. The van der Waals surface area contributed by atoms with E-state index in [0.717, 1.165) is 9.87 Å². The van der Waals surface area contributed by atoms with Crippen LogP contribution in [0.5, 0.6) is 0 Å². The number of sulfonamides is 1. The van der Waals surface area contributed by atoms with Gasteiger partial charge in [-0.2, -0.15) is 0 Å². The van der Waals surface area contributed by atoms with Gasteiger partial charge in [-0.1, -0.05) is 29.3 Å². The van der Waals surface area contributed by atoms with E-state index in [9.17, 15) is 13.2 Å². The summed E-state index contributed by atoms with van der Waals surface area (Å²) in [6.07, 6.45) is 0. The number of methoxy groups -OCH3 is 1. The molecule has 0 heterocycles. The van der Waals surface area contributed by atoms with E-state index in [0.29, 0.717) is 23.9 Å². The van der Waals surface area contributed by atoms with Crippen LogP contribution < -0.4 is 9.62 Å². The highest BCUT2D eigenvalue weighted by molar-refractivity contribution is 7.92. The molecule has 0 saturated heterocycles. The zero-order valence-electron chi connectivity index (χ0n) is 14.6. The van der Waals surface area contributed by atoms with Gasteiger partial charge in [-0.3, -0.25) is 9.10 Å². The van der Waals surface area contributed by atoms with Crippen LogP contribution in [0.3, 0.4) is 0 Å². The predicted molar refractivity (Wildman–Crippen MR) is 102 cm³/mol.